The molecule has 124 valence electrons. The van der Waals surface area contributed by atoms with Crippen LogP contribution in [0.4, 0.5) is 0 Å². The molecule has 4 rings (SSSR count). The minimum absolute atomic E-state index is 0. The second kappa shape index (κ2) is 12.1. The number of hydrogen-bond acceptors (Lipinski definition) is 0. The minimum atomic E-state index is -0.658. The average Bonchev–Trinajstić information content (AvgIpc) is 3.26. The molecule has 0 nitrogen and oxygen atoms in total. The van der Waals surface area contributed by atoms with Gasteiger partial charge in [-0.15, -0.1) is 0 Å². The van der Waals surface area contributed by atoms with Crippen molar-refractivity contribution in [3.8, 4) is 0 Å². The van der Waals surface area contributed by atoms with E-state index in [1.165, 1.54) is 31.5 Å². The standard InChI is InChI=1S/2C7H5P4.2ClH.Zr/c2*1-2-4-6(3-1)7-5-8-10-11-9-7;;;/h2*1-3,5-6H;2*1H;/q;;;;+2/p-2. The van der Waals surface area contributed by atoms with Gasteiger partial charge >= 0.3 is 162 Å². The maximum atomic E-state index is 2.48. The van der Waals surface area contributed by atoms with E-state index in [1.54, 1.807) is 47.3 Å². The smallest absolute Gasteiger partial charge is 1.00 e. The van der Waals surface area contributed by atoms with Crippen molar-refractivity contribution in [2.45, 2.75) is 11.8 Å². The summed E-state index contributed by atoms with van der Waals surface area (Å²) in [5.41, 5.74) is 0. The number of rotatable bonds is 4. The predicted octanol–water partition coefficient (Wildman–Crippen LogP) is 4.19. The summed E-state index contributed by atoms with van der Waals surface area (Å²) in [6.07, 6.45) is 14.4. The summed E-state index contributed by atoms with van der Waals surface area (Å²) in [4.78, 5) is 0. The molecule has 0 radical (unpaired) electrons. The summed E-state index contributed by atoms with van der Waals surface area (Å²) >= 11 is -0.658. The Bertz CT molecular complexity index is 756. The van der Waals surface area contributed by atoms with Crippen LogP contribution in [0.25, 0.3) is 0 Å². The first kappa shape index (κ1) is 23.6. The van der Waals surface area contributed by atoms with Gasteiger partial charge in [0.1, 0.15) is 0 Å². The summed E-state index contributed by atoms with van der Waals surface area (Å²) in [7, 11) is 12.3. The molecule has 2 heterocycles. The van der Waals surface area contributed by atoms with Crippen molar-refractivity contribution in [1.82, 2.24) is 0 Å². The maximum Gasteiger partial charge on any atom is -1.00 e. The molecule has 2 aromatic rings. The van der Waals surface area contributed by atoms with Gasteiger partial charge in [-0.1, -0.05) is 0 Å². The second-order valence-electron chi connectivity index (χ2n) is 4.99. The normalized spacial score (nSPS) is 22.7. The molecule has 2 unspecified atom stereocenters. The van der Waals surface area contributed by atoms with Crippen molar-refractivity contribution in [3.05, 3.63) is 65.2 Å². The van der Waals surface area contributed by atoms with Crippen LogP contribution < -0.4 is 24.8 Å². The Morgan fingerprint density at radius 2 is 1.16 bits per heavy atom. The first-order valence-corrected chi connectivity index (χ1v) is 21.0. The van der Waals surface area contributed by atoms with Crippen LogP contribution in [0, 0.1) is 0 Å². The van der Waals surface area contributed by atoms with Crippen LogP contribution >= 0.6 is 61.7 Å². The van der Waals surface area contributed by atoms with Crippen molar-refractivity contribution in [2.24, 2.45) is 0 Å². The summed E-state index contributed by atoms with van der Waals surface area (Å²) in [6, 6.07) is 0. The number of halogens is 2. The average molecular weight is 588 g/mol. The van der Waals surface area contributed by atoms with E-state index >= 15 is 0 Å². The van der Waals surface area contributed by atoms with E-state index in [2.05, 4.69) is 48.1 Å². The minimum Gasteiger partial charge on any atom is -1.00 e. The Labute approximate surface area is 185 Å². The van der Waals surface area contributed by atoms with Gasteiger partial charge in [-0.3, -0.25) is 0 Å². The zero-order valence-electron chi connectivity index (χ0n) is 12.6. The molecule has 0 aliphatic heterocycles. The van der Waals surface area contributed by atoms with Gasteiger partial charge in [-0.2, -0.15) is 0 Å². The van der Waals surface area contributed by atoms with Crippen molar-refractivity contribution >= 4 is 61.7 Å². The third kappa shape index (κ3) is 6.14. The van der Waals surface area contributed by atoms with Gasteiger partial charge in [0.15, 0.2) is 0 Å². The van der Waals surface area contributed by atoms with Crippen LogP contribution in [0.15, 0.2) is 54.6 Å². The zero-order chi connectivity index (χ0) is 15.5. The number of hydrogen-bond donors (Lipinski definition) is 0. The molecule has 0 bridgehead atoms. The molecule has 0 spiro atoms. The summed E-state index contributed by atoms with van der Waals surface area (Å²) < 4.78 is 3.52. The number of allylic oxidation sites excluding steroid dienone is 8. The monoisotopic (exact) mass is 586 g/mol. The van der Waals surface area contributed by atoms with Gasteiger partial charge < -0.3 is 24.8 Å². The van der Waals surface area contributed by atoms with E-state index in [-0.39, 0.29) is 24.8 Å². The maximum absolute atomic E-state index is 2.48. The Hall–Kier alpha value is 2.30. The van der Waals surface area contributed by atoms with Crippen LogP contribution in [0.3, 0.4) is 0 Å². The summed E-state index contributed by atoms with van der Waals surface area (Å²) in [6.45, 7) is 0. The Morgan fingerprint density at radius 1 is 0.680 bits per heavy atom. The van der Waals surface area contributed by atoms with E-state index in [1.807, 2.05) is 0 Å². The largest absolute Gasteiger partial charge is 1.00 e. The van der Waals surface area contributed by atoms with E-state index < -0.39 is 23.2 Å². The summed E-state index contributed by atoms with van der Waals surface area (Å²) in [5, 5.41) is 3.31. The molecule has 25 heavy (non-hydrogen) atoms. The van der Waals surface area contributed by atoms with Crippen molar-refractivity contribution in [2.75, 3.05) is 0 Å². The van der Waals surface area contributed by atoms with Gasteiger partial charge in [0.05, 0.1) is 0 Å². The molecule has 2 aliphatic carbocycles. The molecule has 11 heteroatoms. The van der Waals surface area contributed by atoms with E-state index in [0.717, 1.165) is 0 Å². The fourth-order valence-corrected chi connectivity index (χ4v) is 22.8. The third-order valence-electron chi connectivity index (χ3n) is 3.64. The molecule has 2 aliphatic rings. The summed E-state index contributed by atoms with van der Waals surface area (Å²) in [5.74, 6) is 6.22. The van der Waals surface area contributed by atoms with Crippen LogP contribution in [0.5, 0.6) is 0 Å². The first-order chi connectivity index (χ1) is 11.4. The molecule has 0 N–H and O–H groups in total. The third-order valence-corrected chi connectivity index (χ3v) is 23.4. The van der Waals surface area contributed by atoms with E-state index in [4.69, 9.17) is 0 Å². The molecule has 2 atom stereocenters. The van der Waals surface area contributed by atoms with Gasteiger partial charge in [-0.05, 0) is 0 Å². The van der Waals surface area contributed by atoms with Gasteiger partial charge in [-0.25, -0.2) is 0 Å². The van der Waals surface area contributed by atoms with E-state index in [0.29, 0.717) is 11.8 Å². The van der Waals surface area contributed by atoms with Crippen LogP contribution in [0.2, 0.25) is 0 Å². The van der Waals surface area contributed by atoms with Gasteiger partial charge in [0, 0.05) is 0 Å². The molecule has 0 aromatic carbocycles. The van der Waals surface area contributed by atoms with Crippen LogP contribution in [0.1, 0.15) is 22.4 Å². The fraction of sp³-hybridized carbons (Fsp3) is 0.143. The van der Waals surface area contributed by atoms with Crippen molar-refractivity contribution in [1.29, 1.82) is 0 Å². The van der Waals surface area contributed by atoms with Gasteiger partial charge in [0.25, 0.3) is 0 Å². The topological polar surface area (TPSA) is 0 Å². The molecular weight excluding hydrogens is 578 g/mol. The molecule has 0 saturated carbocycles. The van der Waals surface area contributed by atoms with Gasteiger partial charge in [0.2, 0.25) is 0 Å². The zero-order valence-corrected chi connectivity index (χ0v) is 23.7. The SMILES string of the molecule is C1=CC(c2cpppp2)[C]([Zr+2][C]2=CC=CC2c2cpppp2)=C1.[Cl-].[Cl-]. The Balaban J connectivity index is 0.00000113. The Morgan fingerprint density at radius 3 is 1.56 bits per heavy atom. The van der Waals surface area contributed by atoms with Crippen molar-refractivity contribution < 1.29 is 48.0 Å². The molecule has 0 amide bonds. The van der Waals surface area contributed by atoms with Crippen LogP contribution in [-0.4, -0.2) is 0 Å². The van der Waals surface area contributed by atoms with E-state index in [9.17, 15) is 0 Å². The second-order valence-corrected chi connectivity index (χ2v) is 22.7. The molecule has 0 saturated heterocycles. The predicted molar refractivity (Wildman–Crippen MR) is 113 cm³/mol. The quantitative estimate of drug-likeness (QED) is 0.503. The molecule has 0 fully saturated rings. The molecular formula is C14H10Cl2P8Zr. The first-order valence-electron chi connectivity index (χ1n) is 6.97. The van der Waals surface area contributed by atoms with Crippen molar-refractivity contribution in [3.63, 3.8) is 0 Å². The Kier molecular flexibility index (Phi) is 11.4. The fourth-order valence-electron chi connectivity index (χ4n) is 2.57. The molecule has 2 aromatic heterocycles. The van der Waals surface area contributed by atoms with Crippen LogP contribution in [-0.2, 0) is 23.2 Å².